The molecule has 94 valence electrons. The maximum atomic E-state index is 12.4. The molecule has 0 N–H and O–H groups in total. The summed E-state index contributed by atoms with van der Waals surface area (Å²) in [5, 5.41) is 0. The van der Waals surface area contributed by atoms with Crippen molar-refractivity contribution >= 4 is 11.4 Å². The molecule has 0 bridgehead atoms. The second kappa shape index (κ2) is 3.47. The fourth-order valence-electron chi connectivity index (χ4n) is 3.75. The van der Waals surface area contributed by atoms with Crippen molar-refractivity contribution < 1.29 is 9.21 Å². The third-order valence-corrected chi connectivity index (χ3v) is 4.47. The normalized spacial score (nSPS) is 33.4. The standard InChI is InChI=1S/C16H18O2/c1-15(2)6-4-7-16(3)12(9-13(17)14(15)16)11-5-8-18-10-11/h4-5,7-10,14H,6H2,1-3H3/t14-,16-/m0/s1. The van der Waals surface area contributed by atoms with Gasteiger partial charge in [-0.1, -0.05) is 32.9 Å². The zero-order chi connectivity index (χ0) is 13.0. The van der Waals surface area contributed by atoms with E-state index in [1.165, 1.54) is 0 Å². The van der Waals surface area contributed by atoms with E-state index in [9.17, 15) is 4.79 Å². The highest BCUT2D eigenvalue weighted by Crippen LogP contribution is 2.57. The summed E-state index contributed by atoms with van der Waals surface area (Å²) in [5.41, 5.74) is 1.94. The van der Waals surface area contributed by atoms with Gasteiger partial charge in [-0.05, 0) is 29.6 Å². The second-order valence-corrected chi connectivity index (χ2v) is 6.28. The molecule has 0 unspecified atom stereocenters. The van der Waals surface area contributed by atoms with Crippen LogP contribution in [0.1, 0.15) is 32.8 Å². The predicted octanol–water partition coefficient (Wildman–Crippen LogP) is 3.85. The van der Waals surface area contributed by atoms with E-state index in [-0.39, 0.29) is 22.5 Å². The molecule has 1 aromatic heterocycles. The van der Waals surface area contributed by atoms with Crippen LogP contribution in [0.3, 0.4) is 0 Å². The van der Waals surface area contributed by atoms with Gasteiger partial charge in [-0.25, -0.2) is 0 Å². The Morgan fingerprint density at radius 3 is 2.78 bits per heavy atom. The van der Waals surface area contributed by atoms with Gasteiger partial charge in [-0.3, -0.25) is 4.79 Å². The quantitative estimate of drug-likeness (QED) is 0.700. The molecule has 0 aliphatic heterocycles. The number of carbonyl (C=O) groups is 1. The van der Waals surface area contributed by atoms with Crippen molar-refractivity contribution in [2.24, 2.45) is 16.7 Å². The number of furan rings is 1. The summed E-state index contributed by atoms with van der Waals surface area (Å²) in [5.74, 6) is 0.294. The Morgan fingerprint density at radius 2 is 2.11 bits per heavy atom. The molecule has 18 heavy (non-hydrogen) atoms. The summed E-state index contributed by atoms with van der Waals surface area (Å²) < 4.78 is 5.16. The Labute approximate surface area is 107 Å². The Balaban J connectivity index is 2.15. The van der Waals surface area contributed by atoms with Gasteiger partial charge in [0, 0.05) is 16.9 Å². The lowest BCUT2D eigenvalue weighted by molar-refractivity contribution is -0.123. The van der Waals surface area contributed by atoms with E-state index >= 15 is 0 Å². The summed E-state index contributed by atoms with van der Waals surface area (Å²) in [6.07, 6.45) is 10.6. The first kappa shape index (κ1) is 11.5. The average Bonchev–Trinajstić information content (AvgIpc) is 2.84. The number of hydrogen-bond donors (Lipinski definition) is 0. The third-order valence-electron chi connectivity index (χ3n) is 4.47. The van der Waals surface area contributed by atoms with Crippen LogP contribution < -0.4 is 0 Å². The lowest BCUT2D eigenvalue weighted by Gasteiger charge is -2.44. The Morgan fingerprint density at radius 1 is 1.33 bits per heavy atom. The van der Waals surface area contributed by atoms with E-state index in [1.807, 2.05) is 12.1 Å². The molecular formula is C16H18O2. The zero-order valence-corrected chi connectivity index (χ0v) is 11.1. The lowest BCUT2D eigenvalue weighted by atomic mass is 9.58. The van der Waals surface area contributed by atoms with E-state index in [4.69, 9.17) is 4.42 Å². The monoisotopic (exact) mass is 242 g/mol. The maximum Gasteiger partial charge on any atom is 0.160 e. The summed E-state index contributed by atoms with van der Waals surface area (Å²) >= 11 is 0. The number of allylic oxidation sites excluding steroid dienone is 4. The SMILES string of the molecule is CC1(C)CC=C[C@@]2(C)C(c3ccoc3)=CC(=O)[C@@H]12. The Kier molecular flexibility index (Phi) is 2.22. The molecule has 1 aromatic rings. The topological polar surface area (TPSA) is 30.2 Å². The van der Waals surface area contributed by atoms with Crippen LogP contribution in [0.4, 0.5) is 0 Å². The van der Waals surface area contributed by atoms with Gasteiger partial charge >= 0.3 is 0 Å². The van der Waals surface area contributed by atoms with E-state index < -0.39 is 0 Å². The maximum absolute atomic E-state index is 12.4. The van der Waals surface area contributed by atoms with Crippen molar-refractivity contribution in [3.05, 3.63) is 42.4 Å². The second-order valence-electron chi connectivity index (χ2n) is 6.28. The molecule has 2 atom stereocenters. The number of hydrogen-bond acceptors (Lipinski definition) is 2. The van der Waals surface area contributed by atoms with Gasteiger partial charge in [0.25, 0.3) is 0 Å². The molecule has 3 rings (SSSR count). The highest BCUT2D eigenvalue weighted by Gasteiger charge is 2.53. The van der Waals surface area contributed by atoms with Crippen LogP contribution >= 0.6 is 0 Å². The predicted molar refractivity (Wildman–Crippen MR) is 70.8 cm³/mol. The molecule has 2 nitrogen and oxygen atoms in total. The van der Waals surface area contributed by atoms with E-state index in [2.05, 4.69) is 32.9 Å². The number of carbonyl (C=O) groups excluding carboxylic acids is 1. The van der Waals surface area contributed by atoms with Gasteiger partial charge in [0.05, 0.1) is 12.5 Å². The van der Waals surface area contributed by atoms with E-state index in [1.54, 1.807) is 12.5 Å². The van der Waals surface area contributed by atoms with Gasteiger partial charge in [0.1, 0.15) is 0 Å². The molecular weight excluding hydrogens is 224 g/mol. The Bertz CT molecular complexity index is 546. The summed E-state index contributed by atoms with van der Waals surface area (Å²) in [6, 6.07) is 1.93. The van der Waals surface area contributed by atoms with Crippen molar-refractivity contribution in [2.75, 3.05) is 0 Å². The van der Waals surface area contributed by atoms with Crippen molar-refractivity contribution in [1.82, 2.24) is 0 Å². The summed E-state index contributed by atoms with van der Waals surface area (Å²) in [4.78, 5) is 12.4. The van der Waals surface area contributed by atoms with Crippen molar-refractivity contribution in [3.63, 3.8) is 0 Å². The fourth-order valence-corrected chi connectivity index (χ4v) is 3.75. The Hall–Kier alpha value is -1.57. The van der Waals surface area contributed by atoms with Gasteiger partial charge in [0.15, 0.2) is 5.78 Å². The first-order valence-electron chi connectivity index (χ1n) is 6.41. The van der Waals surface area contributed by atoms with Crippen LogP contribution in [-0.2, 0) is 4.79 Å². The molecule has 0 saturated heterocycles. The van der Waals surface area contributed by atoms with Gasteiger partial charge in [-0.15, -0.1) is 0 Å². The van der Waals surface area contributed by atoms with Crippen LogP contribution in [0.2, 0.25) is 0 Å². The van der Waals surface area contributed by atoms with Crippen molar-refractivity contribution in [2.45, 2.75) is 27.2 Å². The van der Waals surface area contributed by atoms with Crippen LogP contribution in [0.25, 0.3) is 5.57 Å². The molecule has 0 spiro atoms. The minimum atomic E-state index is -0.192. The molecule has 2 aliphatic carbocycles. The van der Waals surface area contributed by atoms with Gasteiger partial charge in [-0.2, -0.15) is 0 Å². The largest absolute Gasteiger partial charge is 0.472 e. The van der Waals surface area contributed by atoms with E-state index in [0.29, 0.717) is 0 Å². The highest BCUT2D eigenvalue weighted by molar-refractivity contribution is 6.06. The smallest absolute Gasteiger partial charge is 0.160 e. The first-order chi connectivity index (χ1) is 8.45. The molecule has 1 heterocycles. The zero-order valence-electron chi connectivity index (χ0n) is 11.1. The summed E-state index contributed by atoms with van der Waals surface area (Å²) in [6.45, 7) is 6.53. The van der Waals surface area contributed by atoms with E-state index in [0.717, 1.165) is 17.6 Å². The van der Waals surface area contributed by atoms with Crippen LogP contribution in [0, 0.1) is 16.7 Å². The molecule has 0 aromatic carbocycles. The average molecular weight is 242 g/mol. The highest BCUT2D eigenvalue weighted by atomic mass is 16.3. The number of ketones is 1. The van der Waals surface area contributed by atoms with Crippen molar-refractivity contribution in [1.29, 1.82) is 0 Å². The van der Waals surface area contributed by atoms with Crippen LogP contribution in [0.5, 0.6) is 0 Å². The van der Waals surface area contributed by atoms with Gasteiger partial charge in [0.2, 0.25) is 0 Å². The van der Waals surface area contributed by atoms with Crippen LogP contribution in [0.15, 0.2) is 41.2 Å². The van der Waals surface area contributed by atoms with Crippen LogP contribution in [-0.4, -0.2) is 5.78 Å². The first-order valence-corrected chi connectivity index (χ1v) is 6.41. The summed E-state index contributed by atoms with van der Waals surface area (Å²) in [7, 11) is 0. The number of rotatable bonds is 1. The van der Waals surface area contributed by atoms with Gasteiger partial charge < -0.3 is 4.42 Å². The third kappa shape index (κ3) is 1.38. The lowest BCUT2D eigenvalue weighted by Crippen LogP contribution is -2.40. The molecule has 2 heteroatoms. The molecule has 0 amide bonds. The minimum absolute atomic E-state index is 0.0164. The molecule has 2 aliphatic rings. The molecule has 0 saturated carbocycles. The molecule has 0 fully saturated rings. The van der Waals surface area contributed by atoms with Crippen molar-refractivity contribution in [3.8, 4) is 0 Å². The number of fused-ring (bicyclic) bond motifs is 1. The minimum Gasteiger partial charge on any atom is -0.472 e. The molecule has 0 radical (unpaired) electrons. The fraction of sp³-hybridized carbons (Fsp3) is 0.438.